The number of benzene rings is 2. The van der Waals surface area contributed by atoms with Crippen LogP contribution in [0.3, 0.4) is 0 Å². The van der Waals surface area contributed by atoms with E-state index in [0.717, 1.165) is 17.2 Å². The molecule has 1 aromatic heterocycles. The Bertz CT molecular complexity index is 1060. The van der Waals surface area contributed by atoms with Gasteiger partial charge in [-0.05, 0) is 49.1 Å². The zero-order chi connectivity index (χ0) is 20.3. The van der Waals surface area contributed by atoms with Crippen molar-refractivity contribution in [3.63, 3.8) is 0 Å². The highest BCUT2D eigenvalue weighted by molar-refractivity contribution is 8.00. The highest BCUT2D eigenvalue weighted by Gasteiger charge is 2.19. The number of thioether (sulfide) groups is 1. The lowest BCUT2D eigenvalue weighted by atomic mass is 10.1. The van der Waals surface area contributed by atoms with E-state index in [2.05, 4.69) is 19.2 Å². The van der Waals surface area contributed by atoms with Crippen molar-refractivity contribution in [1.29, 1.82) is 0 Å². The van der Waals surface area contributed by atoms with Crippen LogP contribution < -0.4 is 10.9 Å². The number of hydrogen-bond acceptors (Lipinski definition) is 4. The fourth-order valence-corrected chi connectivity index (χ4v) is 4.09. The predicted molar refractivity (Wildman–Crippen MR) is 117 cm³/mol. The van der Waals surface area contributed by atoms with Gasteiger partial charge in [0.15, 0.2) is 5.16 Å². The number of fused-ring (bicyclic) bond motifs is 2. The normalized spacial score (nSPS) is 12.6. The third kappa shape index (κ3) is 4.38. The number of nitrogens with one attached hydrogen (secondary N) is 1. The molecule has 3 rings (SSSR count). The molecule has 6 heteroatoms. The molecule has 0 spiro atoms. The van der Waals surface area contributed by atoms with Crippen LogP contribution in [0.2, 0.25) is 0 Å². The molecule has 0 aliphatic heterocycles. The Morgan fingerprint density at radius 2 is 1.86 bits per heavy atom. The highest BCUT2D eigenvalue weighted by atomic mass is 32.2. The number of carbonyl (C=O) groups is 1. The molecule has 5 nitrogen and oxygen atoms in total. The largest absolute Gasteiger partial charge is 0.355 e. The van der Waals surface area contributed by atoms with E-state index in [4.69, 9.17) is 4.98 Å². The van der Waals surface area contributed by atoms with Crippen LogP contribution in [0.4, 0.5) is 0 Å². The van der Waals surface area contributed by atoms with E-state index < -0.39 is 0 Å². The van der Waals surface area contributed by atoms with E-state index in [-0.39, 0.29) is 16.7 Å². The zero-order valence-electron chi connectivity index (χ0n) is 16.9. The SMILES string of the molecule is CCn1c(SC(C)C(=O)NCCC(C)C)nc2cc3ccccc3cc2c1=O. The lowest BCUT2D eigenvalue weighted by molar-refractivity contribution is -0.120. The van der Waals surface area contributed by atoms with Crippen LogP contribution in [0.1, 0.15) is 34.1 Å². The maximum Gasteiger partial charge on any atom is 0.262 e. The van der Waals surface area contributed by atoms with Crippen LogP contribution in [-0.2, 0) is 11.3 Å². The summed E-state index contributed by atoms with van der Waals surface area (Å²) in [4.78, 5) is 30.2. The van der Waals surface area contributed by atoms with Crippen LogP contribution in [0.15, 0.2) is 46.3 Å². The van der Waals surface area contributed by atoms with Gasteiger partial charge < -0.3 is 5.32 Å². The van der Waals surface area contributed by atoms with E-state index in [1.54, 1.807) is 4.57 Å². The van der Waals surface area contributed by atoms with Gasteiger partial charge in [-0.1, -0.05) is 49.9 Å². The average molecular weight is 398 g/mol. The van der Waals surface area contributed by atoms with E-state index in [9.17, 15) is 9.59 Å². The first-order chi connectivity index (χ1) is 13.4. The second-order valence-corrected chi connectivity index (χ2v) is 8.70. The molecule has 0 saturated heterocycles. The molecule has 28 heavy (non-hydrogen) atoms. The van der Waals surface area contributed by atoms with E-state index >= 15 is 0 Å². The molecule has 1 N–H and O–H groups in total. The summed E-state index contributed by atoms with van der Waals surface area (Å²) >= 11 is 1.34. The van der Waals surface area contributed by atoms with Crippen molar-refractivity contribution in [3.8, 4) is 0 Å². The Morgan fingerprint density at radius 3 is 2.50 bits per heavy atom. The first-order valence-corrected chi connectivity index (χ1v) is 10.7. The van der Waals surface area contributed by atoms with Gasteiger partial charge in [0.25, 0.3) is 5.56 Å². The summed E-state index contributed by atoms with van der Waals surface area (Å²) in [6.45, 7) is 9.22. The second-order valence-electron chi connectivity index (χ2n) is 7.39. The Labute approximate surface area is 169 Å². The average Bonchev–Trinajstić information content (AvgIpc) is 2.66. The van der Waals surface area contributed by atoms with Crippen molar-refractivity contribution in [1.82, 2.24) is 14.9 Å². The molecule has 0 saturated carbocycles. The van der Waals surface area contributed by atoms with Gasteiger partial charge in [0, 0.05) is 13.1 Å². The van der Waals surface area contributed by atoms with Gasteiger partial charge in [0.2, 0.25) is 5.91 Å². The molecular formula is C22H27N3O2S. The highest BCUT2D eigenvalue weighted by Crippen LogP contribution is 2.25. The van der Waals surface area contributed by atoms with Crippen molar-refractivity contribution in [2.45, 2.75) is 51.1 Å². The molecule has 0 aliphatic carbocycles. The van der Waals surface area contributed by atoms with Crippen molar-refractivity contribution >= 4 is 39.3 Å². The number of hydrogen-bond donors (Lipinski definition) is 1. The Balaban J connectivity index is 1.92. The molecule has 1 unspecified atom stereocenters. The fraction of sp³-hybridized carbons (Fsp3) is 0.409. The molecule has 3 aromatic rings. The summed E-state index contributed by atoms with van der Waals surface area (Å²) in [7, 11) is 0. The molecule has 0 bridgehead atoms. The smallest absolute Gasteiger partial charge is 0.262 e. The van der Waals surface area contributed by atoms with Crippen LogP contribution >= 0.6 is 11.8 Å². The quantitative estimate of drug-likeness (QED) is 0.368. The number of carbonyl (C=O) groups excluding carboxylic acids is 1. The molecule has 0 aliphatic rings. The minimum Gasteiger partial charge on any atom is -0.355 e. The molecule has 1 heterocycles. The maximum absolute atomic E-state index is 13.0. The van der Waals surface area contributed by atoms with E-state index in [0.29, 0.717) is 35.1 Å². The summed E-state index contributed by atoms with van der Waals surface area (Å²) in [5.74, 6) is 0.520. The van der Waals surface area contributed by atoms with Crippen molar-refractivity contribution < 1.29 is 4.79 Å². The molecule has 1 atom stereocenters. The first-order valence-electron chi connectivity index (χ1n) is 9.78. The lowest BCUT2D eigenvalue weighted by Crippen LogP contribution is -2.33. The number of nitrogens with zero attached hydrogens (tertiary/aromatic N) is 2. The zero-order valence-corrected chi connectivity index (χ0v) is 17.7. The molecule has 0 fully saturated rings. The first kappa shape index (κ1) is 20.4. The van der Waals surface area contributed by atoms with Gasteiger partial charge in [-0.3, -0.25) is 14.2 Å². The lowest BCUT2D eigenvalue weighted by Gasteiger charge is -2.16. The predicted octanol–water partition coefficient (Wildman–Crippen LogP) is 4.21. The Hall–Kier alpha value is -2.34. The minimum absolute atomic E-state index is 0.0267. The van der Waals surface area contributed by atoms with E-state index in [1.165, 1.54) is 11.8 Å². The van der Waals surface area contributed by atoms with Gasteiger partial charge in [0.05, 0.1) is 16.2 Å². The standard InChI is InChI=1S/C22H27N3O2S/c1-5-25-21(27)18-12-16-8-6-7-9-17(16)13-19(18)24-22(25)28-15(4)20(26)23-11-10-14(2)3/h6-9,12-15H,5,10-11H2,1-4H3,(H,23,26). The summed E-state index contributed by atoms with van der Waals surface area (Å²) in [5, 5.41) is 5.91. The third-order valence-electron chi connectivity index (χ3n) is 4.78. The van der Waals surface area contributed by atoms with Crippen LogP contribution in [0.25, 0.3) is 21.7 Å². The monoisotopic (exact) mass is 397 g/mol. The van der Waals surface area contributed by atoms with Crippen molar-refractivity contribution in [2.75, 3.05) is 6.54 Å². The Kier molecular flexibility index (Phi) is 6.39. The number of aromatic nitrogens is 2. The third-order valence-corrected chi connectivity index (χ3v) is 5.87. The number of rotatable bonds is 7. The molecular weight excluding hydrogens is 370 g/mol. The van der Waals surface area contributed by atoms with Gasteiger partial charge in [-0.15, -0.1) is 0 Å². The van der Waals surface area contributed by atoms with Crippen LogP contribution in [0, 0.1) is 5.92 Å². The summed E-state index contributed by atoms with van der Waals surface area (Å²) in [6, 6.07) is 11.8. The van der Waals surface area contributed by atoms with Gasteiger partial charge >= 0.3 is 0 Å². The molecule has 148 valence electrons. The summed E-state index contributed by atoms with van der Waals surface area (Å²) in [6.07, 6.45) is 0.949. The summed E-state index contributed by atoms with van der Waals surface area (Å²) < 4.78 is 1.65. The van der Waals surface area contributed by atoms with Crippen molar-refractivity contribution in [2.24, 2.45) is 5.92 Å². The topological polar surface area (TPSA) is 64.0 Å². The number of amides is 1. The second kappa shape index (κ2) is 8.78. The molecule has 1 amide bonds. The van der Waals surface area contributed by atoms with Gasteiger partial charge in [0.1, 0.15) is 0 Å². The maximum atomic E-state index is 13.0. The van der Waals surface area contributed by atoms with Gasteiger partial charge in [-0.2, -0.15) is 0 Å². The van der Waals surface area contributed by atoms with E-state index in [1.807, 2.05) is 50.2 Å². The van der Waals surface area contributed by atoms with Crippen molar-refractivity contribution in [3.05, 3.63) is 46.8 Å². The minimum atomic E-state index is -0.324. The van der Waals surface area contributed by atoms with Gasteiger partial charge in [-0.25, -0.2) is 4.98 Å². The van der Waals surface area contributed by atoms with Crippen LogP contribution in [0.5, 0.6) is 0 Å². The fourth-order valence-electron chi connectivity index (χ4n) is 3.10. The summed E-state index contributed by atoms with van der Waals surface area (Å²) in [5.41, 5.74) is 0.608. The van der Waals surface area contributed by atoms with Crippen LogP contribution in [-0.4, -0.2) is 27.3 Å². The molecule has 0 radical (unpaired) electrons. The Morgan fingerprint density at radius 1 is 1.18 bits per heavy atom. The molecule has 2 aromatic carbocycles.